The fourth-order valence-corrected chi connectivity index (χ4v) is 2.66. The van der Waals surface area contributed by atoms with Crippen molar-refractivity contribution in [2.75, 3.05) is 11.3 Å². The van der Waals surface area contributed by atoms with Gasteiger partial charge in [-0.05, 0) is 24.6 Å². The zero-order valence-corrected chi connectivity index (χ0v) is 11.4. The zero-order chi connectivity index (χ0) is 13.9. The number of aromatic nitrogens is 2. The highest BCUT2D eigenvalue weighted by molar-refractivity contribution is 7.92. The molecule has 7 heteroatoms. The number of anilines is 1. The van der Waals surface area contributed by atoms with Gasteiger partial charge in [0.05, 0.1) is 12.7 Å². The number of nitrogens with zero attached hydrogens (tertiary/aromatic N) is 2. The summed E-state index contributed by atoms with van der Waals surface area (Å²) in [6, 6.07) is 7.17. The molecule has 0 atom stereocenters. The number of benzene rings is 1. The summed E-state index contributed by atoms with van der Waals surface area (Å²) in [6.07, 6.45) is 2.78. The summed E-state index contributed by atoms with van der Waals surface area (Å²) < 4.78 is 28.3. The van der Waals surface area contributed by atoms with E-state index < -0.39 is 10.0 Å². The van der Waals surface area contributed by atoms with E-state index in [1.165, 1.54) is 17.1 Å². The molecule has 3 N–H and O–H groups in total. The summed E-state index contributed by atoms with van der Waals surface area (Å²) in [5.74, 6) is 0. The van der Waals surface area contributed by atoms with Gasteiger partial charge in [0.25, 0.3) is 10.0 Å². The van der Waals surface area contributed by atoms with Crippen molar-refractivity contribution in [3.05, 3.63) is 42.2 Å². The molecule has 6 nitrogen and oxygen atoms in total. The van der Waals surface area contributed by atoms with Gasteiger partial charge in [0.15, 0.2) is 0 Å². The predicted octanol–water partition coefficient (Wildman–Crippen LogP) is 0.951. The van der Waals surface area contributed by atoms with Crippen molar-refractivity contribution >= 4 is 15.7 Å². The Hall–Kier alpha value is -1.86. The van der Waals surface area contributed by atoms with Crippen LogP contribution in [0, 0.1) is 6.92 Å². The first kappa shape index (κ1) is 13.6. The van der Waals surface area contributed by atoms with E-state index in [2.05, 4.69) is 9.82 Å². The van der Waals surface area contributed by atoms with Crippen LogP contribution < -0.4 is 10.5 Å². The van der Waals surface area contributed by atoms with Gasteiger partial charge in [0, 0.05) is 18.4 Å². The number of nitrogens with two attached hydrogens (primary N) is 1. The van der Waals surface area contributed by atoms with Crippen molar-refractivity contribution in [1.82, 2.24) is 9.78 Å². The average molecular weight is 280 g/mol. The monoisotopic (exact) mass is 280 g/mol. The van der Waals surface area contributed by atoms with Gasteiger partial charge in [-0.2, -0.15) is 5.10 Å². The maximum absolute atomic E-state index is 12.1. The zero-order valence-electron chi connectivity index (χ0n) is 10.6. The van der Waals surface area contributed by atoms with E-state index in [1.807, 2.05) is 13.0 Å². The van der Waals surface area contributed by atoms with Gasteiger partial charge in [-0.15, -0.1) is 0 Å². The van der Waals surface area contributed by atoms with Crippen LogP contribution in [0.5, 0.6) is 0 Å². The third kappa shape index (κ3) is 3.33. The van der Waals surface area contributed by atoms with Gasteiger partial charge in [-0.3, -0.25) is 9.40 Å². The molecule has 1 aromatic heterocycles. The van der Waals surface area contributed by atoms with Gasteiger partial charge < -0.3 is 5.73 Å². The van der Waals surface area contributed by atoms with Crippen LogP contribution in [0.3, 0.4) is 0 Å². The van der Waals surface area contributed by atoms with Crippen LogP contribution in [0.4, 0.5) is 5.69 Å². The fraction of sp³-hybridized carbons (Fsp3) is 0.250. The molecule has 1 heterocycles. The van der Waals surface area contributed by atoms with Crippen molar-refractivity contribution in [1.29, 1.82) is 0 Å². The standard InChI is InChI=1S/C12H16N4O2S/c1-10-3-2-4-11(7-10)15-19(17,18)12-8-14-16(9-12)6-5-13/h2-4,7-9,15H,5-6,13H2,1H3. The minimum Gasteiger partial charge on any atom is -0.329 e. The van der Waals surface area contributed by atoms with E-state index >= 15 is 0 Å². The third-order valence-electron chi connectivity index (χ3n) is 2.55. The van der Waals surface area contributed by atoms with Crippen molar-refractivity contribution in [3.63, 3.8) is 0 Å². The highest BCUT2D eigenvalue weighted by Gasteiger charge is 2.16. The molecule has 0 spiro atoms. The lowest BCUT2D eigenvalue weighted by molar-refractivity contribution is 0.599. The maximum atomic E-state index is 12.1. The molecule has 0 aliphatic heterocycles. The molecule has 1 aromatic carbocycles. The summed E-state index contributed by atoms with van der Waals surface area (Å²) in [5.41, 5.74) is 6.91. The van der Waals surface area contributed by atoms with Crippen LogP contribution in [0.25, 0.3) is 0 Å². The molecular formula is C12H16N4O2S. The summed E-state index contributed by atoms with van der Waals surface area (Å²) in [4.78, 5) is 0.127. The lowest BCUT2D eigenvalue weighted by Gasteiger charge is -2.06. The van der Waals surface area contributed by atoms with Gasteiger partial charge >= 0.3 is 0 Å². The Morgan fingerprint density at radius 2 is 2.21 bits per heavy atom. The smallest absolute Gasteiger partial charge is 0.265 e. The van der Waals surface area contributed by atoms with Crippen LogP contribution in [-0.4, -0.2) is 24.7 Å². The normalized spacial score (nSPS) is 11.5. The molecule has 19 heavy (non-hydrogen) atoms. The Morgan fingerprint density at radius 3 is 2.89 bits per heavy atom. The van der Waals surface area contributed by atoms with Crippen molar-refractivity contribution in [2.45, 2.75) is 18.4 Å². The molecule has 2 aromatic rings. The molecule has 0 aliphatic carbocycles. The van der Waals surface area contributed by atoms with Crippen molar-refractivity contribution < 1.29 is 8.42 Å². The molecule has 0 aliphatic rings. The van der Waals surface area contributed by atoms with E-state index in [0.717, 1.165) is 5.56 Å². The minimum atomic E-state index is -3.60. The molecule has 0 radical (unpaired) electrons. The van der Waals surface area contributed by atoms with E-state index in [-0.39, 0.29) is 4.90 Å². The van der Waals surface area contributed by atoms with Crippen molar-refractivity contribution in [3.8, 4) is 0 Å². The Balaban J connectivity index is 2.22. The van der Waals surface area contributed by atoms with Crippen LogP contribution >= 0.6 is 0 Å². The average Bonchev–Trinajstić information content (AvgIpc) is 2.78. The summed E-state index contributed by atoms with van der Waals surface area (Å²) in [7, 11) is -3.60. The Morgan fingerprint density at radius 1 is 1.42 bits per heavy atom. The van der Waals surface area contributed by atoms with E-state index in [9.17, 15) is 8.42 Å². The van der Waals surface area contributed by atoms with E-state index in [4.69, 9.17) is 5.73 Å². The van der Waals surface area contributed by atoms with Crippen LogP contribution in [0.2, 0.25) is 0 Å². The lowest BCUT2D eigenvalue weighted by atomic mass is 10.2. The highest BCUT2D eigenvalue weighted by Crippen LogP contribution is 2.16. The summed E-state index contributed by atoms with van der Waals surface area (Å²) in [6.45, 7) is 2.80. The second-order valence-electron chi connectivity index (χ2n) is 4.20. The van der Waals surface area contributed by atoms with Gasteiger partial charge in [-0.25, -0.2) is 8.42 Å². The lowest BCUT2D eigenvalue weighted by Crippen LogP contribution is -2.13. The molecule has 0 unspecified atom stereocenters. The number of hydrogen-bond donors (Lipinski definition) is 2. The van der Waals surface area contributed by atoms with E-state index in [1.54, 1.807) is 18.2 Å². The molecule has 0 saturated carbocycles. The summed E-state index contributed by atoms with van der Waals surface area (Å²) >= 11 is 0. The molecule has 0 amide bonds. The number of rotatable bonds is 5. The highest BCUT2D eigenvalue weighted by atomic mass is 32.2. The Bertz CT molecular complexity index is 664. The minimum absolute atomic E-state index is 0.127. The first-order valence-electron chi connectivity index (χ1n) is 5.83. The molecule has 2 rings (SSSR count). The first-order valence-corrected chi connectivity index (χ1v) is 7.31. The second kappa shape index (κ2) is 5.41. The number of nitrogens with one attached hydrogen (secondary N) is 1. The fourth-order valence-electron chi connectivity index (χ4n) is 1.66. The number of sulfonamides is 1. The molecule has 0 saturated heterocycles. The largest absolute Gasteiger partial charge is 0.329 e. The van der Waals surface area contributed by atoms with Crippen LogP contribution in [-0.2, 0) is 16.6 Å². The molecule has 102 valence electrons. The predicted molar refractivity (Wildman–Crippen MR) is 73.3 cm³/mol. The maximum Gasteiger partial charge on any atom is 0.265 e. The van der Waals surface area contributed by atoms with Gasteiger partial charge in [-0.1, -0.05) is 12.1 Å². The van der Waals surface area contributed by atoms with Crippen LogP contribution in [0.1, 0.15) is 5.56 Å². The first-order chi connectivity index (χ1) is 9.01. The molecule has 0 bridgehead atoms. The van der Waals surface area contributed by atoms with Gasteiger partial charge in [0.2, 0.25) is 0 Å². The van der Waals surface area contributed by atoms with Crippen molar-refractivity contribution in [2.24, 2.45) is 5.73 Å². The SMILES string of the molecule is Cc1cccc(NS(=O)(=O)c2cnn(CCN)c2)c1. The van der Waals surface area contributed by atoms with Crippen LogP contribution in [0.15, 0.2) is 41.6 Å². The van der Waals surface area contributed by atoms with E-state index in [0.29, 0.717) is 18.8 Å². The molecular weight excluding hydrogens is 264 g/mol. The van der Waals surface area contributed by atoms with Gasteiger partial charge in [0.1, 0.15) is 4.90 Å². The number of aryl methyl sites for hydroxylation is 1. The Kier molecular flexibility index (Phi) is 3.87. The molecule has 0 fully saturated rings. The topological polar surface area (TPSA) is 90.0 Å². The Labute approximate surface area is 112 Å². The third-order valence-corrected chi connectivity index (χ3v) is 3.88. The summed E-state index contributed by atoms with van der Waals surface area (Å²) in [5, 5.41) is 3.95. The number of hydrogen-bond acceptors (Lipinski definition) is 4. The second-order valence-corrected chi connectivity index (χ2v) is 5.89. The quantitative estimate of drug-likeness (QED) is 0.853.